The molecule has 2 aromatic rings. The summed E-state index contributed by atoms with van der Waals surface area (Å²) in [6.45, 7) is 2.22. The molecular formula is C22H20N2O6. The molecule has 8 heteroatoms. The zero-order valence-corrected chi connectivity index (χ0v) is 16.5. The first-order valence-corrected chi connectivity index (χ1v) is 9.30. The van der Waals surface area contributed by atoms with Crippen molar-refractivity contribution in [2.45, 2.75) is 26.4 Å². The maximum absolute atomic E-state index is 12.5. The molecule has 2 aromatic carbocycles. The van der Waals surface area contributed by atoms with Crippen molar-refractivity contribution in [3.05, 3.63) is 65.2 Å². The van der Waals surface area contributed by atoms with E-state index in [0.29, 0.717) is 22.4 Å². The highest BCUT2D eigenvalue weighted by Gasteiger charge is 2.33. The van der Waals surface area contributed by atoms with E-state index in [1.165, 1.54) is 26.0 Å². The molecule has 0 spiro atoms. The monoisotopic (exact) mass is 408 g/mol. The summed E-state index contributed by atoms with van der Waals surface area (Å²) in [5.74, 6) is -2.60. The largest absolute Gasteiger partial charge is 0.453 e. The number of ether oxygens (including phenoxy) is 1. The average Bonchev–Trinajstić information content (AvgIpc) is 2.70. The Morgan fingerprint density at radius 3 is 2.40 bits per heavy atom. The minimum absolute atomic E-state index is 0.0182. The summed E-state index contributed by atoms with van der Waals surface area (Å²) >= 11 is 0. The summed E-state index contributed by atoms with van der Waals surface area (Å²) in [7, 11) is 0. The fraction of sp³-hybridized carbons (Fsp3) is 0.227. The van der Waals surface area contributed by atoms with E-state index < -0.39 is 36.2 Å². The SMILES string of the molecule is CC(=O)Nc1ccc(C(=O)[C@@H](C)OC(=O)CN2C(=O)Cc3ccccc3C2=O)cc1. The molecule has 1 aliphatic rings. The van der Waals surface area contributed by atoms with Gasteiger partial charge in [0.25, 0.3) is 5.91 Å². The summed E-state index contributed by atoms with van der Waals surface area (Å²) in [4.78, 5) is 61.4. The van der Waals surface area contributed by atoms with Gasteiger partial charge in [-0.2, -0.15) is 0 Å². The minimum atomic E-state index is -1.11. The molecule has 3 rings (SSSR count). The van der Waals surface area contributed by atoms with Crippen LogP contribution < -0.4 is 5.32 Å². The topological polar surface area (TPSA) is 110 Å². The van der Waals surface area contributed by atoms with Crippen LogP contribution in [0.25, 0.3) is 0 Å². The number of amides is 3. The van der Waals surface area contributed by atoms with Gasteiger partial charge in [0.2, 0.25) is 17.6 Å². The molecule has 1 N–H and O–H groups in total. The van der Waals surface area contributed by atoms with Crippen molar-refractivity contribution in [2.75, 3.05) is 11.9 Å². The first kappa shape index (κ1) is 20.9. The molecule has 8 nitrogen and oxygen atoms in total. The zero-order valence-electron chi connectivity index (χ0n) is 16.5. The third-order valence-corrected chi connectivity index (χ3v) is 4.59. The number of rotatable bonds is 6. The number of nitrogens with one attached hydrogen (secondary N) is 1. The van der Waals surface area contributed by atoms with Gasteiger partial charge in [0.15, 0.2) is 6.10 Å². The number of Topliss-reactive ketones (excluding diaryl/α,β-unsaturated/α-hetero) is 1. The number of anilines is 1. The second kappa shape index (κ2) is 8.69. The molecule has 0 saturated heterocycles. The predicted molar refractivity (Wildman–Crippen MR) is 107 cm³/mol. The molecule has 0 fully saturated rings. The minimum Gasteiger partial charge on any atom is -0.453 e. The van der Waals surface area contributed by atoms with Crippen LogP contribution in [0.5, 0.6) is 0 Å². The highest BCUT2D eigenvalue weighted by atomic mass is 16.5. The van der Waals surface area contributed by atoms with E-state index in [1.54, 1.807) is 36.4 Å². The van der Waals surface area contributed by atoms with Crippen molar-refractivity contribution in [1.82, 2.24) is 4.90 Å². The smallest absolute Gasteiger partial charge is 0.326 e. The van der Waals surface area contributed by atoms with E-state index in [9.17, 15) is 24.0 Å². The van der Waals surface area contributed by atoms with Gasteiger partial charge in [-0.25, -0.2) is 0 Å². The van der Waals surface area contributed by atoms with Crippen molar-refractivity contribution < 1.29 is 28.7 Å². The zero-order chi connectivity index (χ0) is 21.8. The van der Waals surface area contributed by atoms with Gasteiger partial charge >= 0.3 is 5.97 Å². The summed E-state index contributed by atoms with van der Waals surface area (Å²) in [6.07, 6.45) is -1.09. The van der Waals surface area contributed by atoms with Crippen molar-refractivity contribution in [3.63, 3.8) is 0 Å². The van der Waals surface area contributed by atoms with Crippen LogP contribution in [0.1, 0.15) is 40.1 Å². The highest BCUT2D eigenvalue weighted by Crippen LogP contribution is 2.20. The number of hydrogen-bond acceptors (Lipinski definition) is 6. The Hall–Kier alpha value is -3.81. The molecule has 0 radical (unpaired) electrons. The van der Waals surface area contributed by atoms with Gasteiger partial charge in [0.05, 0.1) is 6.42 Å². The number of imide groups is 1. The van der Waals surface area contributed by atoms with Gasteiger partial charge < -0.3 is 10.1 Å². The Morgan fingerprint density at radius 1 is 1.07 bits per heavy atom. The van der Waals surface area contributed by atoms with E-state index in [-0.39, 0.29) is 12.3 Å². The van der Waals surface area contributed by atoms with Gasteiger partial charge in [-0.3, -0.25) is 28.9 Å². The van der Waals surface area contributed by atoms with E-state index in [4.69, 9.17) is 4.74 Å². The number of carbonyl (C=O) groups excluding carboxylic acids is 5. The number of ketones is 1. The van der Waals surface area contributed by atoms with Gasteiger partial charge in [0.1, 0.15) is 6.54 Å². The standard InChI is InChI=1S/C22H20N2O6/c1-13(21(28)15-7-9-17(10-8-15)23-14(2)25)30-20(27)12-24-19(26)11-16-5-3-4-6-18(16)22(24)29/h3-10,13H,11-12H2,1-2H3,(H,23,25)/t13-/m1/s1. The number of esters is 1. The first-order chi connectivity index (χ1) is 14.3. The quantitative estimate of drug-likeness (QED) is 0.445. The van der Waals surface area contributed by atoms with Crippen molar-refractivity contribution >= 4 is 35.2 Å². The van der Waals surface area contributed by atoms with E-state index >= 15 is 0 Å². The molecule has 0 aliphatic carbocycles. The average molecular weight is 408 g/mol. The summed E-state index contributed by atoms with van der Waals surface area (Å²) in [5.41, 5.74) is 1.81. The van der Waals surface area contributed by atoms with Crippen LogP contribution in [0, 0.1) is 0 Å². The molecule has 1 aliphatic heterocycles. The molecule has 0 bridgehead atoms. The molecule has 0 unspecified atom stereocenters. The Labute approximate surface area is 172 Å². The van der Waals surface area contributed by atoms with Crippen molar-refractivity contribution in [1.29, 1.82) is 0 Å². The summed E-state index contributed by atoms with van der Waals surface area (Å²) in [5, 5.41) is 2.59. The third-order valence-electron chi connectivity index (χ3n) is 4.59. The number of hydrogen-bond donors (Lipinski definition) is 1. The highest BCUT2D eigenvalue weighted by molar-refractivity contribution is 6.11. The summed E-state index contributed by atoms with van der Waals surface area (Å²) < 4.78 is 5.14. The third kappa shape index (κ3) is 4.60. The number of fused-ring (bicyclic) bond motifs is 1. The fourth-order valence-electron chi connectivity index (χ4n) is 3.13. The van der Waals surface area contributed by atoms with E-state index in [0.717, 1.165) is 4.90 Å². The van der Waals surface area contributed by atoms with Crippen LogP contribution in [0.3, 0.4) is 0 Å². The number of nitrogens with zero attached hydrogens (tertiary/aromatic N) is 1. The fourth-order valence-corrected chi connectivity index (χ4v) is 3.13. The Bertz CT molecular complexity index is 1030. The number of carbonyl (C=O) groups is 5. The molecule has 1 heterocycles. The Morgan fingerprint density at radius 2 is 1.73 bits per heavy atom. The van der Waals surface area contributed by atoms with Crippen molar-refractivity contribution in [2.24, 2.45) is 0 Å². The molecule has 3 amide bonds. The molecule has 30 heavy (non-hydrogen) atoms. The van der Waals surface area contributed by atoms with Crippen LogP contribution in [0.2, 0.25) is 0 Å². The number of benzene rings is 2. The van der Waals surface area contributed by atoms with Gasteiger partial charge in [0, 0.05) is 23.7 Å². The van der Waals surface area contributed by atoms with Gasteiger partial charge in [-0.05, 0) is 42.8 Å². The predicted octanol–water partition coefficient (Wildman–Crippen LogP) is 1.98. The molecular weight excluding hydrogens is 388 g/mol. The van der Waals surface area contributed by atoms with Crippen molar-refractivity contribution in [3.8, 4) is 0 Å². The maximum atomic E-state index is 12.5. The lowest BCUT2D eigenvalue weighted by molar-refractivity contribution is -0.150. The maximum Gasteiger partial charge on any atom is 0.326 e. The molecule has 0 aromatic heterocycles. The van der Waals surface area contributed by atoms with Crippen LogP contribution in [0.15, 0.2) is 48.5 Å². The lowest BCUT2D eigenvalue weighted by atomic mass is 9.98. The molecule has 1 atom stereocenters. The van der Waals surface area contributed by atoms with Crippen LogP contribution in [0.4, 0.5) is 5.69 Å². The normalized spacial score (nSPS) is 14.0. The van der Waals surface area contributed by atoms with Crippen LogP contribution in [-0.4, -0.2) is 47.0 Å². The van der Waals surface area contributed by atoms with Gasteiger partial charge in [-0.15, -0.1) is 0 Å². The Kier molecular flexibility index (Phi) is 6.06. The molecule has 154 valence electrons. The van der Waals surface area contributed by atoms with E-state index in [1.807, 2.05) is 0 Å². The first-order valence-electron chi connectivity index (χ1n) is 9.30. The van der Waals surface area contributed by atoms with Gasteiger partial charge in [-0.1, -0.05) is 18.2 Å². The lowest BCUT2D eigenvalue weighted by Crippen LogP contribution is -2.46. The summed E-state index contributed by atoms with van der Waals surface area (Å²) in [6, 6.07) is 12.8. The lowest BCUT2D eigenvalue weighted by Gasteiger charge is -2.26. The Balaban J connectivity index is 1.61. The molecule has 0 saturated carbocycles. The second-order valence-corrected chi connectivity index (χ2v) is 6.87. The van der Waals surface area contributed by atoms with Crippen LogP contribution >= 0.6 is 0 Å². The van der Waals surface area contributed by atoms with Crippen LogP contribution in [-0.2, 0) is 25.5 Å². The second-order valence-electron chi connectivity index (χ2n) is 6.87. The van der Waals surface area contributed by atoms with E-state index in [2.05, 4.69) is 5.32 Å².